The van der Waals surface area contributed by atoms with Crippen molar-refractivity contribution in [2.75, 3.05) is 39.8 Å². The molecule has 1 aliphatic heterocycles. The molecule has 21 heavy (non-hydrogen) atoms. The van der Waals surface area contributed by atoms with Crippen LogP contribution < -0.4 is 0 Å². The molecule has 2 heterocycles. The van der Waals surface area contributed by atoms with E-state index >= 15 is 0 Å². The van der Waals surface area contributed by atoms with Crippen LogP contribution in [0.5, 0.6) is 0 Å². The van der Waals surface area contributed by atoms with E-state index in [4.69, 9.17) is 4.74 Å². The molecular weight excluding hydrogens is 270 g/mol. The number of rotatable bonds is 3. The third-order valence-electron chi connectivity index (χ3n) is 4.25. The zero-order valence-electron chi connectivity index (χ0n) is 13.2. The molecule has 0 N–H and O–H groups in total. The second-order valence-corrected chi connectivity index (χ2v) is 5.50. The number of hydrogen-bond acceptors (Lipinski definition) is 4. The van der Waals surface area contributed by atoms with Crippen LogP contribution in [0.15, 0.2) is 6.07 Å². The summed E-state index contributed by atoms with van der Waals surface area (Å²) in [6.45, 7) is 6.98. The monoisotopic (exact) mass is 293 g/mol. The van der Waals surface area contributed by atoms with Gasteiger partial charge in [0.15, 0.2) is 5.78 Å². The molecule has 1 aromatic heterocycles. The Labute approximate surface area is 125 Å². The second kappa shape index (κ2) is 6.30. The first-order chi connectivity index (χ1) is 9.93. The van der Waals surface area contributed by atoms with Gasteiger partial charge >= 0.3 is 6.09 Å². The normalized spacial score (nSPS) is 16.1. The van der Waals surface area contributed by atoms with Gasteiger partial charge < -0.3 is 14.2 Å². The molecular formula is C15H23N3O3. The third-order valence-corrected chi connectivity index (χ3v) is 4.25. The molecule has 0 unspecified atom stereocenters. The lowest BCUT2D eigenvalue weighted by Gasteiger charge is -2.33. The Morgan fingerprint density at radius 2 is 1.81 bits per heavy atom. The Kier molecular flexibility index (Phi) is 4.67. The highest BCUT2D eigenvalue weighted by molar-refractivity contribution is 5.99. The molecule has 0 atom stereocenters. The quantitative estimate of drug-likeness (QED) is 0.786. The van der Waals surface area contributed by atoms with Crippen LogP contribution in [-0.4, -0.2) is 66.1 Å². The van der Waals surface area contributed by atoms with Crippen molar-refractivity contribution in [3.8, 4) is 0 Å². The zero-order chi connectivity index (χ0) is 15.6. The van der Waals surface area contributed by atoms with E-state index in [9.17, 15) is 9.59 Å². The fourth-order valence-electron chi connectivity index (χ4n) is 2.64. The first-order valence-corrected chi connectivity index (χ1v) is 7.15. The highest BCUT2D eigenvalue weighted by Gasteiger charge is 2.24. The van der Waals surface area contributed by atoms with Gasteiger partial charge in [-0.05, 0) is 19.9 Å². The summed E-state index contributed by atoms with van der Waals surface area (Å²) < 4.78 is 6.74. The standard InChI is InChI=1S/C15H23N3O3/c1-11-9-13(12(2)16(11)3)14(19)10-17-5-7-18(8-6-17)15(20)21-4/h9H,5-8,10H2,1-4H3. The van der Waals surface area contributed by atoms with E-state index in [1.54, 1.807) is 4.90 Å². The number of piperazine rings is 1. The van der Waals surface area contributed by atoms with E-state index in [2.05, 4.69) is 4.90 Å². The average Bonchev–Trinajstić information content (AvgIpc) is 2.75. The molecule has 1 aromatic rings. The van der Waals surface area contributed by atoms with E-state index in [-0.39, 0.29) is 11.9 Å². The smallest absolute Gasteiger partial charge is 0.409 e. The van der Waals surface area contributed by atoms with Gasteiger partial charge in [-0.25, -0.2) is 4.79 Å². The van der Waals surface area contributed by atoms with Crippen molar-refractivity contribution < 1.29 is 14.3 Å². The molecule has 1 saturated heterocycles. The van der Waals surface area contributed by atoms with Crippen molar-refractivity contribution in [1.29, 1.82) is 0 Å². The van der Waals surface area contributed by atoms with E-state index in [1.807, 2.05) is 31.5 Å². The maximum absolute atomic E-state index is 12.4. The zero-order valence-corrected chi connectivity index (χ0v) is 13.2. The number of carbonyl (C=O) groups is 2. The molecule has 0 aromatic carbocycles. The van der Waals surface area contributed by atoms with Crippen LogP contribution >= 0.6 is 0 Å². The summed E-state index contributed by atoms with van der Waals surface area (Å²) in [6.07, 6.45) is -0.296. The predicted octanol–water partition coefficient (Wildman–Crippen LogP) is 1.21. The lowest BCUT2D eigenvalue weighted by Crippen LogP contribution is -2.49. The number of methoxy groups -OCH3 is 1. The van der Waals surface area contributed by atoms with Crippen LogP contribution in [0.4, 0.5) is 4.79 Å². The van der Waals surface area contributed by atoms with Crippen LogP contribution in [0.2, 0.25) is 0 Å². The van der Waals surface area contributed by atoms with E-state index in [1.165, 1.54) is 7.11 Å². The molecule has 1 aliphatic rings. The van der Waals surface area contributed by atoms with Gasteiger partial charge in [-0.15, -0.1) is 0 Å². The number of aryl methyl sites for hydroxylation is 1. The number of aromatic nitrogens is 1. The molecule has 0 radical (unpaired) electrons. The van der Waals surface area contributed by atoms with Gasteiger partial charge in [-0.1, -0.05) is 0 Å². The van der Waals surface area contributed by atoms with Gasteiger partial charge in [-0.2, -0.15) is 0 Å². The Balaban J connectivity index is 1.93. The minimum atomic E-state index is -0.296. The van der Waals surface area contributed by atoms with Gasteiger partial charge in [0.1, 0.15) is 0 Å². The van der Waals surface area contributed by atoms with Crippen molar-refractivity contribution in [3.63, 3.8) is 0 Å². The highest BCUT2D eigenvalue weighted by Crippen LogP contribution is 2.15. The van der Waals surface area contributed by atoms with E-state index < -0.39 is 0 Å². The molecule has 116 valence electrons. The Bertz CT molecular complexity index is 543. The lowest BCUT2D eigenvalue weighted by atomic mass is 10.1. The minimum absolute atomic E-state index is 0.141. The summed E-state index contributed by atoms with van der Waals surface area (Å²) >= 11 is 0. The van der Waals surface area contributed by atoms with Crippen LogP contribution in [-0.2, 0) is 11.8 Å². The largest absolute Gasteiger partial charge is 0.453 e. The molecule has 6 nitrogen and oxygen atoms in total. The molecule has 2 rings (SSSR count). The molecule has 6 heteroatoms. The molecule has 1 amide bonds. The molecule has 0 bridgehead atoms. The van der Waals surface area contributed by atoms with Gasteiger partial charge in [0.05, 0.1) is 13.7 Å². The summed E-state index contributed by atoms with van der Waals surface area (Å²) in [5, 5.41) is 0. The van der Waals surface area contributed by atoms with Crippen molar-refractivity contribution in [3.05, 3.63) is 23.0 Å². The Morgan fingerprint density at radius 1 is 1.19 bits per heavy atom. The number of hydrogen-bond donors (Lipinski definition) is 0. The van der Waals surface area contributed by atoms with Crippen molar-refractivity contribution >= 4 is 11.9 Å². The SMILES string of the molecule is COC(=O)N1CCN(CC(=O)c2cc(C)n(C)c2C)CC1. The average molecular weight is 293 g/mol. The van der Waals surface area contributed by atoms with Gasteiger partial charge in [0.2, 0.25) is 0 Å². The lowest BCUT2D eigenvalue weighted by molar-refractivity contribution is 0.0790. The third kappa shape index (κ3) is 3.26. The molecule has 1 fully saturated rings. The van der Waals surface area contributed by atoms with Gasteiger partial charge in [0.25, 0.3) is 0 Å². The number of ether oxygens (including phenoxy) is 1. The predicted molar refractivity (Wildman–Crippen MR) is 79.6 cm³/mol. The molecule has 0 spiro atoms. The fourth-order valence-corrected chi connectivity index (χ4v) is 2.64. The number of ketones is 1. The van der Waals surface area contributed by atoms with Gasteiger partial charge in [0, 0.05) is 50.2 Å². The maximum Gasteiger partial charge on any atom is 0.409 e. The Morgan fingerprint density at radius 3 is 2.29 bits per heavy atom. The summed E-state index contributed by atoms with van der Waals surface area (Å²) in [5.41, 5.74) is 2.89. The first-order valence-electron chi connectivity index (χ1n) is 7.15. The number of amides is 1. The maximum atomic E-state index is 12.4. The summed E-state index contributed by atoms with van der Waals surface area (Å²) in [4.78, 5) is 27.6. The number of nitrogens with zero attached hydrogens (tertiary/aromatic N) is 3. The first kappa shape index (κ1) is 15.6. The van der Waals surface area contributed by atoms with Crippen molar-refractivity contribution in [2.24, 2.45) is 7.05 Å². The number of Topliss-reactive ketones (excluding diaryl/α,β-unsaturated/α-hetero) is 1. The fraction of sp³-hybridized carbons (Fsp3) is 0.600. The minimum Gasteiger partial charge on any atom is -0.453 e. The van der Waals surface area contributed by atoms with Crippen LogP contribution in [0.3, 0.4) is 0 Å². The second-order valence-electron chi connectivity index (χ2n) is 5.50. The summed E-state index contributed by atoms with van der Waals surface area (Å²) in [6, 6.07) is 1.95. The van der Waals surface area contributed by atoms with E-state index in [0.29, 0.717) is 32.7 Å². The van der Waals surface area contributed by atoms with Crippen molar-refractivity contribution in [1.82, 2.24) is 14.4 Å². The van der Waals surface area contributed by atoms with Gasteiger partial charge in [-0.3, -0.25) is 9.69 Å². The number of carbonyl (C=O) groups excluding carboxylic acids is 2. The van der Waals surface area contributed by atoms with E-state index in [0.717, 1.165) is 17.0 Å². The highest BCUT2D eigenvalue weighted by atomic mass is 16.5. The van der Waals surface area contributed by atoms with Crippen LogP contribution in [0.25, 0.3) is 0 Å². The Hall–Kier alpha value is -1.82. The summed E-state index contributed by atoms with van der Waals surface area (Å²) in [5.74, 6) is 0.141. The van der Waals surface area contributed by atoms with Crippen molar-refractivity contribution in [2.45, 2.75) is 13.8 Å². The topological polar surface area (TPSA) is 54.8 Å². The summed E-state index contributed by atoms with van der Waals surface area (Å²) in [7, 11) is 3.36. The van der Waals surface area contributed by atoms with Crippen LogP contribution in [0.1, 0.15) is 21.7 Å². The molecule has 0 saturated carbocycles. The molecule has 0 aliphatic carbocycles. The van der Waals surface area contributed by atoms with Crippen LogP contribution in [0, 0.1) is 13.8 Å².